The van der Waals surface area contributed by atoms with Gasteiger partial charge in [-0.25, -0.2) is 4.98 Å². The summed E-state index contributed by atoms with van der Waals surface area (Å²) in [5.41, 5.74) is 0.883. The topological polar surface area (TPSA) is 74.8 Å². The van der Waals surface area contributed by atoms with Crippen molar-refractivity contribution in [2.24, 2.45) is 5.92 Å². The first-order chi connectivity index (χ1) is 11.7. The van der Waals surface area contributed by atoms with Crippen LogP contribution in [-0.2, 0) is 20.9 Å². The Kier molecular flexibility index (Phi) is 5.68. The Bertz CT molecular complexity index is 586. The highest BCUT2D eigenvalue weighted by Crippen LogP contribution is 2.22. The van der Waals surface area contributed by atoms with Gasteiger partial charge in [0.25, 0.3) is 0 Å². The summed E-state index contributed by atoms with van der Waals surface area (Å²) in [5, 5.41) is 5.95. The van der Waals surface area contributed by atoms with E-state index in [1.807, 2.05) is 12.3 Å². The van der Waals surface area contributed by atoms with Crippen LogP contribution >= 0.6 is 11.3 Å². The van der Waals surface area contributed by atoms with Crippen molar-refractivity contribution in [3.05, 3.63) is 11.1 Å². The van der Waals surface area contributed by atoms with Gasteiger partial charge in [0.2, 0.25) is 11.8 Å². The summed E-state index contributed by atoms with van der Waals surface area (Å²) >= 11 is 1.60. The number of anilines is 1. The van der Waals surface area contributed by atoms with E-state index in [1.165, 1.54) is 0 Å². The first-order valence-electron chi connectivity index (χ1n) is 8.50. The fourth-order valence-electron chi connectivity index (χ4n) is 3.03. The van der Waals surface area contributed by atoms with Gasteiger partial charge >= 0.3 is 0 Å². The molecule has 0 radical (unpaired) electrons. The largest absolute Gasteiger partial charge is 0.378 e. The Morgan fingerprint density at radius 3 is 3.00 bits per heavy atom. The minimum Gasteiger partial charge on any atom is -0.378 e. The summed E-state index contributed by atoms with van der Waals surface area (Å²) in [4.78, 5) is 32.6. The molecule has 8 heteroatoms. The van der Waals surface area contributed by atoms with E-state index in [4.69, 9.17) is 4.74 Å². The molecule has 3 heterocycles. The molecule has 24 heavy (non-hydrogen) atoms. The number of thiazole rings is 1. The molecule has 0 saturated carbocycles. The van der Waals surface area contributed by atoms with E-state index in [9.17, 15) is 9.59 Å². The van der Waals surface area contributed by atoms with Crippen molar-refractivity contribution in [3.63, 3.8) is 0 Å². The quantitative estimate of drug-likeness (QED) is 0.851. The Balaban J connectivity index is 1.49. The number of morpholine rings is 1. The highest BCUT2D eigenvalue weighted by atomic mass is 32.1. The molecule has 0 aromatic carbocycles. The molecule has 1 aromatic rings. The highest BCUT2D eigenvalue weighted by molar-refractivity contribution is 7.13. The lowest BCUT2D eigenvalue weighted by Crippen LogP contribution is -2.45. The summed E-state index contributed by atoms with van der Waals surface area (Å²) in [6.45, 7) is 6.77. The minimum atomic E-state index is -0.111. The molecule has 3 rings (SSSR count). The number of hydrogen-bond donors (Lipinski definition) is 1. The number of carbonyl (C=O) groups is 2. The molecule has 2 amide bonds. The van der Waals surface area contributed by atoms with Crippen LogP contribution in [-0.4, -0.2) is 61.1 Å². The van der Waals surface area contributed by atoms with E-state index in [0.29, 0.717) is 32.5 Å². The van der Waals surface area contributed by atoms with Crippen LogP contribution in [0, 0.1) is 5.92 Å². The molecular weight excluding hydrogens is 328 g/mol. The maximum atomic E-state index is 12.3. The molecule has 1 aromatic heterocycles. The van der Waals surface area contributed by atoms with Gasteiger partial charge in [-0.15, -0.1) is 11.3 Å². The van der Waals surface area contributed by atoms with Gasteiger partial charge in [0.1, 0.15) is 0 Å². The molecule has 132 valence electrons. The second kappa shape index (κ2) is 7.94. The number of likely N-dealkylation sites (tertiary alicyclic amines) is 1. The third-order valence-corrected chi connectivity index (χ3v) is 5.47. The van der Waals surface area contributed by atoms with Gasteiger partial charge in [-0.2, -0.15) is 0 Å². The summed E-state index contributed by atoms with van der Waals surface area (Å²) in [5.74, 6) is 0.0538. The van der Waals surface area contributed by atoms with Crippen LogP contribution in [0.3, 0.4) is 0 Å². The third-order valence-electron chi connectivity index (χ3n) is 4.52. The summed E-state index contributed by atoms with van der Waals surface area (Å²) in [6.07, 6.45) is 1.10. The maximum Gasteiger partial charge on any atom is 0.225 e. The van der Waals surface area contributed by atoms with Crippen molar-refractivity contribution in [1.82, 2.24) is 15.2 Å². The molecule has 2 saturated heterocycles. The molecule has 1 N–H and O–H groups in total. The molecular formula is C16H24N4O3S. The number of aromatic nitrogens is 1. The SMILES string of the molecule is CCN1CC(C(=O)NCc2csc(N3CCOCC3)n2)CCC1=O. The lowest BCUT2D eigenvalue weighted by Gasteiger charge is -2.30. The van der Waals surface area contributed by atoms with Gasteiger partial charge in [-0.3, -0.25) is 9.59 Å². The molecule has 2 aliphatic rings. The average Bonchev–Trinajstić information content (AvgIpc) is 3.10. The minimum absolute atomic E-state index is 0.0156. The van der Waals surface area contributed by atoms with Gasteiger partial charge in [0.15, 0.2) is 5.13 Å². The number of carbonyl (C=O) groups excluding carboxylic acids is 2. The molecule has 0 aliphatic carbocycles. The first-order valence-corrected chi connectivity index (χ1v) is 9.38. The van der Waals surface area contributed by atoms with Gasteiger partial charge in [0, 0.05) is 38.0 Å². The van der Waals surface area contributed by atoms with Crippen molar-refractivity contribution in [2.75, 3.05) is 44.3 Å². The zero-order valence-electron chi connectivity index (χ0n) is 14.0. The van der Waals surface area contributed by atoms with Crippen LogP contribution in [0.25, 0.3) is 0 Å². The number of nitrogens with one attached hydrogen (secondary N) is 1. The monoisotopic (exact) mass is 352 g/mol. The van der Waals surface area contributed by atoms with Crippen LogP contribution in [0.5, 0.6) is 0 Å². The van der Waals surface area contributed by atoms with E-state index in [-0.39, 0.29) is 17.7 Å². The lowest BCUT2D eigenvalue weighted by atomic mass is 9.96. The number of piperidine rings is 1. The predicted molar refractivity (Wildman–Crippen MR) is 92.0 cm³/mol. The molecule has 1 unspecified atom stereocenters. The summed E-state index contributed by atoms with van der Waals surface area (Å²) in [6, 6.07) is 0. The number of amides is 2. The second-order valence-electron chi connectivity index (χ2n) is 6.11. The van der Waals surface area contributed by atoms with E-state index < -0.39 is 0 Å². The van der Waals surface area contributed by atoms with E-state index in [1.54, 1.807) is 16.2 Å². The average molecular weight is 352 g/mol. The fraction of sp³-hybridized carbons (Fsp3) is 0.688. The van der Waals surface area contributed by atoms with Gasteiger partial charge in [0.05, 0.1) is 31.4 Å². The van der Waals surface area contributed by atoms with Crippen molar-refractivity contribution in [3.8, 4) is 0 Å². The fourth-order valence-corrected chi connectivity index (χ4v) is 3.91. The predicted octanol–water partition coefficient (Wildman–Crippen LogP) is 0.854. The van der Waals surface area contributed by atoms with E-state index in [2.05, 4.69) is 15.2 Å². The Hall–Kier alpha value is -1.67. The lowest BCUT2D eigenvalue weighted by molar-refractivity contribution is -0.138. The van der Waals surface area contributed by atoms with E-state index >= 15 is 0 Å². The number of nitrogens with zero attached hydrogens (tertiary/aromatic N) is 3. The van der Waals surface area contributed by atoms with Crippen LogP contribution < -0.4 is 10.2 Å². The van der Waals surface area contributed by atoms with Crippen molar-refractivity contribution >= 4 is 28.3 Å². The smallest absolute Gasteiger partial charge is 0.225 e. The molecule has 0 spiro atoms. The third kappa shape index (κ3) is 4.05. The van der Waals surface area contributed by atoms with Crippen molar-refractivity contribution in [1.29, 1.82) is 0 Å². The number of rotatable bonds is 5. The zero-order valence-corrected chi connectivity index (χ0v) is 14.8. The molecule has 0 bridgehead atoms. The van der Waals surface area contributed by atoms with Gasteiger partial charge in [-0.1, -0.05) is 0 Å². The zero-order chi connectivity index (χ0) is 16.9. The Morgan fingerprint density at radius 1 is 1.46 bits per heavy atom. The Labute approximate surface area is 146 Å². The second-order valence-corrected chi connectivity index (χ2v) is 6.94. The molecule has 2 aliphatic heterocycles. The number of ether oxygens (including phenoxy) is 1. The standard InChI is InChI=1S/C16H24N4O3S/c1-2-19-10-12(3-4-14(19)21)15(22)17-9-13-11-24-16(18-13)20-5-7-23-8-6-20/h11-12H,2-10H2,1H3,(H,17,22). The molecule has 2 fully saturated rings. The van der Waals surface area contributed by atoms with Gasteiger partial charge < -0.3 is 19.9 Å². The normalized spacial score (nSPS) is 21.9. The Morgan fingerprint density at radius 2 is 2.25 bits per heavy atom. The summed E-state index contributed by atoms with van der Waals surface area (Å²) in [7, 11) is 0. The van der Waals surface area contributed by atoms with Crippen LogP contribution in [0.1, 0.15) is 25.5 Å². The van der Waals surface area contributed by atoms with Crippen LogP contribution in [0.4, 0.5) is 5.13 Å². The van der Waals surface area contributed by atoms with Crippen LogP contribution in [0.2, 0.25) is 0 Å². The van der Waals surface area contributed by atoms with Crippen molar-refractivity contribution < 1.29 is 14.3 Å². The molecule has 7 nitrogen and oxygen atoms in total. The maximum absolute atomic E-state index is 12.3. The van der Waals surface area contributed by atoms with Crippen molar-refractivity contribution in [2.45, 2.75) is 26.3 Å². The van der Waals surface area contributed by atoms with Crippen LogP contribution in [0.15, 0.2) is 5.38 Å². The molecule has 1 atom stereocenters. The van der Waals surface area contributed by atoms with Gasteiger partial charge in [-0.05, 0) is 13.3 Å². The number of hydrogen-bond acceptors (Lipinski definition) is 6. The summed E-state index contributed by atoms with van der Waals surface area (Å²) < 4.78 is 5.35. The highest BCUT2D eigenvalue weighted by Gasteiger charge is 2.29. The van der Waals surface area contributed by atoms with E-state index in [0.717, 1.165) is 37.1 Å². The first kappa shape index (κ1) is 17.2.